The monoisotopic (exact) mass is 507 g/mol. The molecule has 2 heterocycles. The Morgan fingerprint density at radius 3 is 2.28 bits per heavy atom. The third-order valence-corrected chi connectivity index (χ3v) is 6.42. The molecular formula is C28H27ClFN3O3. The Morgan fingerprint density at radius 2 is 1.58 bits per heavy atom. The second-order valence-electron chi connectivity index (χ2n) is 8.39. The van der Waals surface area contributed by atoms with Crippen LogP contribution in [-0.4, -0.2) is 51.2 Å². The van der Waals surface area contributed by atoms with Crippen LogP contribution in [0.25, 0.3) is 10.9 Å². The van der Waals surface area contributed by atoms with Crippen molar-refractivity contribution in [3.63, 3.8) is 0 Å². The van der Waals surface area contributed by atoms with Crippen LogP contribution in [0, 0.1) is 5.82 Å². The molecule has 1 aliphatic rings. The van der Waals surface area contributed by atoms with Crippen molar-refractivity contribution < 1.29 is 18.7 Å². The van der Waals surface area contributed by atoms with Gasteiger partial charge in [-0.15, -0.1) is 12.4 Å². The lowest BCUT2D eigenvalue weighted by molar-refractivity contribution is 0.103. The maximum absolute atomic E-state index is 14.3. The Kier molecular flexibility index (Phi) is 7.60. The number of piperazine rings is 1. The first kappa shape index (κ1) is 25.3. The van der Waals surface area contributed by atoms with Crippen molar-refractivity contribution >= 4 is 40.5 Å². The Morgan fingerprint density at radius 1 is 0.889 bits per heavy atom. The van der Waals surface area contributed by atoms with Gasteiger partial charge < -0.3 is 19.3 Å². The van der Waals surface area contributed by atoms with Crippen molar-refractivity contribution in [1.82, 2.24) is 4.98 Å². The van der Waals surface area contributed by atoms with Crippen LogP contribution in [-0.2, 0) is 0 Å². The van der Waals surface area contributed by atoms with E-state index in [2.05, 4.69) is 14.8 Å². The van der Waals surface area contributed by atoms with Gasteiger partial charge in [-0.3, -0.25) is 9.78 Å². The molecular weight excluding hydrogens is 481 g/mol. The number of carbonyl (C=O) groups is 1. The highest BCUT2D eigenvalue weighted by Gasteiger charge is 2.26. The average Bonchev–Trinajstić information content (AvgIpc) is 2.92. The number of pyridine rings is 1. The number of aromatic nitrogens is 1. The van der Waals surface area contributed by atoms with Crippen LogP contribution in [0.15, 0.2) is 72.9 Å². The molecule has 0 aliphatic carbocycles. The standard InChI is InChI=1S/C28H26FN3O3.ClH/c1-34-21-10-7-19(8-11-21)28(33)23-18-30-24-12-9-20(29)17-22(24)27(23)32-15-13-31(14-16-32)25-5-3-4-6-26(25)35-2;/h3-12,17-18H,13-16H2,1-2H3;1H. The van der Waals surface area contributed by atoms with Crippen molar-refractivity contribution in [2.75, 3.05) is 50.2 Å². The highest BCUT2D eigenvalue weighted by molar-refractivity contribution is 6.16. The van der Waals surface area contributed by atoms with E-state index in [0.29, 0.717) is 40.9 Å². The van der Waals surface area contributed by atoms with E-state index in [1.807, 2.05) is 24.3 Å². The number of nitrogens with zero attached hydrogens (tertiary/aromatic N) is 3. The molecule has 4 aromatic rings. The zero-order valence-electron chi connectivity index (χ0n) is 20.1. The van der Waals surface area contributed by atoms with E-state index in [1.54, 1.807) is 50.7 Å². The van der Waals surface area contributed by atoms with E-state index in [1.165, 1.54) is 12.1 Å². The molecule has 1 fully saturated rings. The molecule has 0 spiro atoms. The van der Waals surface area contributed by atoms with Gasteiger partial charge in [0.2, 0.25) is 0 Å². The van der Waals surface area contributed by atoms with E-state index < -0.39 is 0 Å². The molecule has 6 nitrogen and oxygen atoms in total. The second-order valence-corrected chi connectivity index (χ2v) is 8.39. The summed E-state index contributed by atoms with van der Waals surface area (Å²) in [5.74, 6) is 0.983. The number of hydrogen-bond donors (Lipinski definition) is 0. The fourth-order valence-electron chi connectivity index (χ4n) is 4.62. The Hall–Kier alpha value is -3.84. The van der Waals surface area contributed by atoms with Crippen LogP contribution >= 0.6 is 12.4 Å². The molecule has 0 atom stereocenters. The molecule has 0 unspecified atom stereocenters. The number of ether oxygens (including phenoxy) is 2. The Labute approximate surface area is 215 Å². The first-order valence-corrected chi connectivity index (χ1v) is 11.5. The lowest BCUT2D eigenvalue weighted by Gasteiger charge is -2.38. The molecule has 0 N–H and O–H groups in total. The molecule has 1 aromatic heterocycles. The fraction of sp³-hybridized carbons (Fsp3) is 0.214. The molecule has 0 amide bonds. The van der Waals surface area contributed by atoms with Crippen molar-refractivity contribution in [2.24, 2.45) is 0 Å². The van der Waals surface area contributed by atoms with E-state index in [0.717, 1.165) is 30.2 Å². The summed E-state index contributed by atoms with van der Waals surface area (Å²) in [5.41, 5.74) is 3.39. The Balaban J connectivity index is 0.00000304. The summed E-state index contributed by atoms with van der Waals surface area (Å²) in [7, 11) is 3.26. The predicted molar refractivity (Wildman–Crippen MR) is 143 cm³/mol. The number of benzene rings is 3. The number of ketones is 1. The van der Waals surface area contributed by atoms with E-state index in [9.17, 15) is 9.18 Å². The minimum Gasteiger partial charge on any atom is -0.497 e. The third kappa shape index (κ3) is 4.79. The van der Waals surface area contributed by atoms with Gasteiger partial charge in [0, 0.05) is 43.3 Å². The zero-order valence-corrected chi connectivity index (χ0v) is 20.9. The maximum atomic E-state index is 14.3. The largest absolute Gasteiger partial charge is 0.497 e. The van der Waals surface area contributed by atoms with Crippen LogP contribution in [0.2, 0.25) is 0 Å². The topological polar surface area (TPSA) is 54.9 Å². The number of halogens is 2. The normalized spacial score (nSPS) is 13.3. The van der Waals surface area contributed by atoms with Crippen LogP contribution < -0.4 is 19.3 Å². The lowest BCUT2D eigenvalue weighted by Crippen LogP contribution is -2.47. The summed E-state index contributed by atoms with van der Waals surface area (Å²) >= 11 is 0. The number of para-hydroxylation sites is 2. The van der Waals surface area contributed by atoms with Crippen LogP contribution in [0.4, 0.5) is 15.8 Å². The highest BCUT2D eigenvalue weighted by atomic mass is 35.5. The quantitative estimate of drug-likeness (QED) is 0.327. The summed E-state index contributed by atoms with van der Waals surface area (Å²) in [6.45, 7) is 2.79. The smallest absolute Gasteiger partial charge is 0.196 e. The summed E-state index contributed by atoms with van der Waals surface area (Å²) in [6.07, 6.45) is 1.61. The molecule has 0 saturated carbocycles. The second kappa shape index (κ2) is 10.8. The minimum absolute atomic E-state index is 0. The molecule has 1 saturated heterocycles. The number of methoxy groups -OCH3 is 2. The highest BCUT2D eigenvalue weighted by Crippen LogP contribution is 2.34. The van der Waals surface area contributed by atoms with Crippen LogP contribution in [0.3, 0.4) is 0 Å². The van der Waals surface area contributed by atoms with Crippen molar-refractivity contribution in [2.45, 2.75) is 0 Å². The number of hydrogen-bond acceptors (Lipinski definition) is 6. The van der Waals surface area contributed by atoms with Crippen molar-refractivity contribution in [1.29, 1.82) is 0 Å². The van der Waals surface area contributed by atoms with Crippen LogP contribution in [0.1, 0.15) is 15.9 Å². The SMILES string of the molecule is COc1ccc(C(=O)c2cnc3ccc(F)cc3c2N2CCN(c3ccccc3OC)CC2)cc1.Cl. The maximum Gasteiger partial charge on any atom is 0.196 e. The van der Waals surface area contributed by atoms with Crippen molar-refractivity contribution in [3.05, 3.63) is 89.9 Å². The van der Waals surface area contributed by atoms with Gasteiger partial charge in [-0.25, -0.2) is 4.39 Å². The number of carbonyl (C=O) groups excluding carboxylic acids is 1. The molecule has 3 aromatic carbocycles. The summed E-state index contributed by atoms with van der Waals surface area (Å²) in [6, 6.07) is 19.4. The van der Waals surface area contributed by atoms with Gasteiger partial charge >= 0.3 is 0 Å². The molecule has 186 valence electrons. The lowest BCUT2D eigenvalue weighted by atomic mass is 9.99. The molecule has 0 bridgehead atoms. The minimum atomic E-state index is -0.359. The number of rotatable bonds is 6. The molecule has 8 heteroatoms. The average molecular weight is 508 g/mol. The van der Waals surface area contributed by atoms with Gasteiger partial charge in [0.15, 0.2) is 5.78 Å². The van der Waals surface area contributed by atoms with Gasteiger partial charge in [-0.1, -0.05) is 12.1 Å². The zero-order chi connectivity index (χ0) is 24.4. The third-order valence-electron chi connectivity index (χ3n) is 6.42. The van der Waals surface area contributed by atoms with Gasteiger partial charge in [0.05, 0.1) is 36.7 Å². The summed E-state index contributed by atoms with van der Waals surface area (Å²) in [4.78, 5) is 22.5. The number of anilines is 2. The molecule has 5 rings (SSSR count). The summed E-state index contributed by atoms with van der Waals surface area (Å²) in [5, 5.41) is 0.634. The van der Waals surface area contributed by atoms with E-state index in [4.69, 9.17) is 9.47 Å². The Bertz CT molecular complexity index is 1370. The first-order valence-electron chi connectivity index (χ1n) is 11.5. The van der Waals surface area contributed by atoms with E-state index >= 15 is 0 Å². The van der Waals surface area contributed by atoms with Crippen molar-refractivity contribution in [3.8, 4) is 11.5 Å². The van der Waals surface area contributed by atoms with E-state index in [-0.39, 0.29) is 24.0 Å². The molecule has 1 aliphatic heterocycles. The summed E-state index contributed by atoms with van der Waals surface area (Å²) < 4.78 is 25.1. The first-order chi connectivity index (χ1) is 17.1. The number of fused-ring (bicyclic) bond motifs is 1. The van der Waals surface area contributed by atoms with Gasteiger partial charge in [-0.05, 0) is 54.6 Å². The molecule has 0 radical (unpaired) electrons. The van der Waals surface area contributed by atoms with Gasteiger partial charge in [-0.2, -0.15) is 0 Å². The predicted octanol–water partition coefficient (Wildman–Crippen LogP) is 5.37. The van der Waals surface area contributed by atoms with Gasteiger partial charge in [0.25, 0.3) is 0 Å². The van der Waals surface area contributed by atoms with Gasteiger partial charge in [0.1, 0.15) is 17.3 Å². The molecule has 36 heavy (non-hydrogen) atoms. The van der Waals surface area contributed by atoms with Crippen LogP contribution in [0.5, 0.6) is 11.5 Å². The fourth-order valence-corrected chi connectivity index (χ4v) is 4.62.